The summed E-state index contributed by atoms with van der Waals surface area (Å²) in [6, 6.07) is 14.7. The molecule has 0 radical (unpaired) electrons. The third kappa shape index (κ3) is 7.37. The molecular formula is C24H33NO6S3. The summed E-state index contributed by atoms with van der Waals surface area (Å²) in [6.07, 6.45) is 5.21. The van der Waals surface area contributed by atoms with Gasteiger partial charge in [-0.25, -0.2) is 25.3 Å². The van der Waals surface area contributed by atoms with Crippen molar-refractivity contribution in [2.45, 2.75) is 40.7 Å². The summed E-state index contributed by atoms with van der Waals surface area (Å²) in [5, 5.41) is -0.523. The molecule has 1 aliphatic rings. The molecule has 2 aromatic carbocycles. The van der Waals surface area contributed by atoms with Crippen LogP contribution in [0.25, 0.3) is 0 Å². The Balaban J connectivity index is 1.49. The van der Waals surface area contributed by atoms with Crippen molar-refractivity contribution in [1.29, 1.82) is 0 Å². The van der Waals surface area contributed by atoms with E-state index in [1.807, 2.05) is 30.3 Å². The van der Waals surface area contributed by atoms with Crippen LogP contribution < -0.4 is 0 Å². The van der Waals surface area contributed by atoms with Crippen LogP contribution in [0.2, 0.25) is 0 Å². The van der Waals surface area contributed by atoms with E-state index in [0.717, 1.165) is 37.8 Å². The van der Waals surface area contributed by atoms with Crippen LogP contribution in [0.4, 0.5) is 0 Å². The third-order valence-electron chi connectivity index (χ3n) is 6.51. The van der Waals surface area contributed by atoms with E-state index in [1.165, 1.54) is 30.5 Å². The van der Waals surface area contributed by atoms with E-state index in [-0.39, 0.29) is 15.5 Å². The number of likely N-dealkylation sites (tertiary alicyclic amines) is 1. The SMILES string of the molecule is CS(=O)(=O)c1ccc(S(=O)(=O)CCC2CCN(CCC(c3ccccc3)S(C)(=O)=O)CC2)cc1. The number of piperidine rings is 1. The summed E-state index contributed by atoms with van der Waals surface area (Å²) in [4.78, 5) is 2.50. The molecule has 1 atom stereocenters. The number of rotatable bonds is 10. The van der Waals surface area contributed by atoms with E-state index < -0.39 is 34.8 Å². The standard InChI is InChI=1S/C24H33NO6S3/c1-32(26,27)22-8-10-23(11-9-22)34(30,31)19-15-20-12-16-25(17-13-20)18-14-24(33(2,28)29)21-6-4-3-5-7-21/h3-11,20,24H,12-19H2,1-2H3. The predicted octanol–water partition coefficient (Wildman–Crippen LogP) is 3.14. The van der Waals surface area contributed by atoms with Gasteiger partial charge in [0, 0.05) is 12.5 Å². The number of hydrogen-bond donors (Lipinski definition) is 0. The van der Waals surface area contributed by atoms with E-state index in [2.05, 4.69) is 4.90 Å². The van der Waals surface area contributed by atoms with E-state index in [9.17, 15) is 25.3 Å². The second-order valence-corrected chi connectivity index (χ2v) is 15.5. The topological polar surface area (TPSA) is 106 Å². The van der Waals surface area contributed by atoms with Gasteiger partial charge >= 0.3 is 0 Å². The number of nitrogens with zero attached hydrogens (tertiary/aromatic N) is 1. The maximum Gasteiger partial charge on any atom is 0.178 e. The highest BCUT2D eigenvalue weighted by atomic mass is 32.2. The highest BCUT2D eigenvalue weighted by molar-refractivity contribution is 7.91. The fraction of sp³-hybridized carbons (Fsp3) is 0.500. The molecule has 1 heterocycles. The first-order valence-electron chi connectivity index (χ1n) is 11.4. The number of sulfone groups is 3. The summed E-state index contributed by atoms with van der Waals surface area (Å²) in [5.74, 6) is 0.321. The van der Waals surface area contributed by atoms with Gasteiger partial charge in [-0.2, -0.15) is 0 Å². The minimum Gasteiger partial charge on any atom is -0.303 e. The van der Waals surface area contributed by atoms with Gasteiger partial charge in [-0.05, 0) is 81.1 Å². The van der Waals surface area contributed by atoms with Gasteiger partial charge in [0.25, 0.3) is 0 Å². The highest BCUT2D eigenvalue weighted by Crippen LogP contribution is 2.28. The highest BCUT2D eigenvalue weighted by Gasteiger charge is 2.26. The first-order chi connectivity index (χ1) is 15.9. The van der Waals surface area contributed by atoms with Crippen LogP contribution in [0.1, 0.15) is 36.5 Å². The molecule has 0 N–H and O–H groups in total. The zero-order valence-electron chi connectivity index (χ0n) is 19.6. The van der Waals surface area contributed by atoms with Crippen molar-refractivity contribution in [1.82, 2.24) is 4.90 Å². The Morgan fingerprint density at radius 3 is 1.91 bits per heavy atom. The number of hydrogen-bond acceptors (Lipinski definition) is 7. The second-order valence-electron chi connectivity index (χ2n) is 9.15. The van der Waals surface area contributed by atoms with Crippen molar-refractivity contribution in [2.75, 3.05) is 37.9 Å². The van der Waals surface area contributed by atoms with Crippen LogP contribution in [0.3, 0.4) is 0 Å². The normalized spacial score (nSPS) is 17.5. The zero-order chi connectivity index (χ0) is 25.0. The van der Waals surface area contributed by atoms with Crippen LogP contribution in [0.15, 0.2) is 64.4 Å². The molecule has 10 heteroatoms. The van der Waals surface area contributed by atoms with Crippen molar-refractivity contribution < 1.29 is 25.3 Å². The van der Waals surface area contributed by atoms with E-state index in [1.54, 1.807) is 0 Å². The maximum absolute atomic E-state index is 12.7. The summed E-state index contributed by atoms with van der Waals surface area (Å²) < 4.78 is 73.2. The molecule has 3 rings (SSSR count). The molecule has 1 unspecified atom stereocenters. The van der Waals surface area contributed by atoms with Crippen LogP contribution >= 0.6 is 0 Å². The molecule has 1 saturated heterocycles. The Labute approximate surface area is 203 Å². The van der Waals surface area contributed by atoms with E-state index in [4.69, 9.17) is 0 Å². The van der Waals surface area contributed by atoms with Gasteiger partial charge in [-0.3, -0.25) is 0 Å². The molecular weight excluding hydrogens is 494 g/mol. The molecule has 0 amide bonds. The largest absolute Gasteiger partial charge is 0.303 e. The predicted molar refractivity (Wildman–Crippen MR) is 134 cm³/mol. The Kier molecular flexibility index (Phi) is 8.60. The van der Waals surface area contributed by atoms with Gasteiger partial charge < -0.3 is 4.90 Å². The quantitative estimate of drug-likeness (QED) is 0.467. The van der Waals surface area contributed by atoms with Gasteiger partial charge in [0.05, 0.1) is 20.8 Å². The van der Waals surface area contributed by atoms with Gasteiger partial charge in [-0.1, -0.05) is 30.3 Å². The second kappa shape index (κ2) is 10.9. The lowest BCUT2D eigenvalue weighted by atomic mass is 9.94. The van der Waals surface area contributed by atoms with Crippen molar-refractivity contribution in [3.05, 3.63) is 60.2 Å². The smallest absolute Gasteiger partial charge is 0.178 e. The van der Waals surface area contributed by atoms with Gasteiger partial charge in [0.1, 0.15) is 0 Å². The summed E-state index contributed by atoms with van der Waals surface area (Å²) in [5.41, 5.74) is 0.815. The average Bonchev–Trinajstić information content (AvgIpc) is 2.78. The molecule has 34 heavy (non-hydrogen) atoms. The van der Waals surface area contributed by atoms with Crippen LogP contribution in [-0.2, 0) is 29.5 Å². The van der Waals surface area contributed by atoms with E-state index in [0.29, 0.717) is 25.3 Å². The third-order valence-corrected chi connectivity index (χ3v) is 10.9. The van der Waals surface area contributed by atoms with Crippen molar-refractivity contribution in [2.24, 2.45) is 5.92 Å². The molecule has 1 fully saturated rings. The minimum atomic E-state index is -3.48. The van der Waals surface area contributed by atoms with Crippen molar-refractivity contribution in [3.63, 3.8) is 0 Å². The van der Waals surface area contributed by atoms with Crippen molar-refractivity contribution >= 4 is 29.5 Å². The summed E-state index contributed by atoms with van der Waals surface area (Å²) in [7, 11) is -10.1. The first-order valence-corrected chi connectivity index (χ1v) is 16.8. The molecule has 1 aliphatic heterocycles. The molecule has 0 spiro atoms. The monoisotopic (exact) mass is 527 g/mol. The molecule has 7 nitrogen and oxygen atoms in total. The Morgan fingerprint density at radius 2 is 1.38 bits per heavy atom. The molecule has 0 aliphatic carbocycles. The van der Waals surface area contributed by atoms with Crippen LogP contribution in [0.5, 0.6) is 0 Å². The molecule has 0 bridgehead atoms. The van der Waals surface area contributed by atoms with Gasteiger partial charge in [0.15, 0.2) is 29.5 Å². The first kappa shape index (κ1) is 26.8. The van der Waals surface area contributed by atoms with E-state index >= 15 is 0 Å². The zero-order valence-corrected chi connectivity index (χ0v) is 22.1. The molecule has 188 valence electrons. The Hall–Kier alpha value is -1.75. The summed E-state index contributed by atoms with van der Waals surface area (Å²) in [6.45, 7) is 2.32. The maximum atomic E-state index is 12.7. The fourth-order valence-corrected chi connectivity index (χ4v) is 7.67. The van der Waals surface area contributed by atoms with Crippen LogP contribution in [-0.4, -0.2) is 68.1 Å². The molecule has 0 saturated carbocycles. The Morgan fingerprint density at radius 1 is 0.824 bits per heavy atom. The summed E-state index contributed by atoms with van der Waals surface area (Å²) >= 11 is 0. The lowest BCUT2D eigenvalue weighted by Crippen LogP contribution is -2.36. The Bertz CT molecular complexity index is 1260. The number of benzene rings is 2. The minimum absolute atomic E-state index is 0.0278. The van der Waals surface area contributed by atoms with Crippen LogP contribution in [0, 0.1) is 5.92 Å². The molecule has 2 aromatic rings. The van der Waals surface area contributed by atoms with Gasteiger partial charge in [-0.15, -0.1) is 0 Å². The lowest BCUT2D eigenvalue weighted by Gasteiger charge is -2.32. The lowest BCUT2D eigenvalue weighted by molar-refractivity contribution is 0.180. The molecule has 0 aromatic heterocycles. The van der Waals surface area contributed by atoms with Gasteiger partial charge in [0.2, 0.25) is 0 Å². The average molecular weight is 528 g/mol. The van der Waals surface area contributed by atoms with Crippen molar-refractivity contribution in [3.8, 4) is 0 Å². The fourth-order valence-electron chi connectivity index (χ4n) is 4.43.